The highest BCUT2D eigenvalue weighted by Gasteiger charge is 2.44. The molecular weight excluding hydrogens is 656 g/mol. The molecule has 1 unspecified atom stereocenters. The van der Waals surface area contributed by atoms with Crippen molar-refractivity contribution in [2.75, 3.05) is 33.8 Å². The van der Waals surface area contributed by atoms with Gasteiger partial charge < -0.3 is 35.8 Å². The number of hydrogen-bond donors (Lipinski definition) is 4. The molecule has 4 N–H and O–H groups in total. The van der Waals surface area contributed by atoms with Gasteiger partial charge in [-0.1, -0.05) is 83.7 Å². The van der Waals surface area contributed by atoms with Crippen LogP contribution in [0.15, 0.2) is 30.3 Å². The molecule has 14 nitrogen and oxygen atoms in total. The first-order chi connectivity index (χ1) is 24.2. The zero-order valence-electron chi connectivity index (χ0n) is 30.9. The third-order valence-electron chi connectivity index (χ3n) is 9.27. The van der Waals surface area contributed by atoms with E-state index < -0.39 is 60.3 Å². The van der Waals surface area contributed by atoms with E-state index in [0.29, 0.717) is 24.9 Å². The molecule has 1 saturated heterocycles. The average molecular weight is 713 g/mol. The summed E-state index contributed by atoms with van der Waals surface area (Å²) in [5, 5.41) is 10.4. The van der Waals surface area contributed by atoms with Crippen molar-refractivity contribution in [1.82, 2.24) is 31.1 Å². The van der Waals surface area contributed by atoms with Gasteiger partial charge >= 0.3 is 6.09 Å². The van der Waals surface area contributed by atoms with Crippen LogP contribution in [0.5, 0.6) is 0 Å². The van der Waals surface area contributed by atoms with Crippen LogP contribution in [0.3, 0.4) is 0 Å². The molecule has 51 heavy (non-hydrogen) atoms. The molecule has 6 amide bonds. The van der Waals surface area contributed by atoms with E-state index in [-0.39, 0.29) is 42.6 Å². The number of ketones is 1. The van der Waals surface area contributed by atoms with E-state index in [9.17, 15) is 33.6 Å². The lowest BCUT2D eigenvalue weighted by molar-refractivity contribution is -0.143. The van der Waals surface area contributed by atoms with Gasteiger partial charge in [0.05, 0.1) is 19.2 Å². The van der Waals surface area contributed by atoms with E-state index >= 15 is 0 Å². The summed E-state index contributed by atoms with van der Waals surface area (Å²) in [5.74, 6) is -3.98. The van der Waals surface area contributed by atoms with Crippen molar-refractivity contribution in [3.63, 3.8) is 0 Å². The highest BCUT2D eigenvalue weighted by Crippen LogP contribution is 2.31. The maximum Gasteiger partial charge on any atom is 0.407 e. The van der Waals surface area contributed by atoms with Crippen LogP contribution in [-0.2, 0) is 33.5 Å². The molecule has 1 saturated carbocycles. The zero-order chi connectivity index (χ0) is 37.7. The molecule has 2 aliphatic rings. The maximum absolute atomic E-state index is 14.1. The Balaban J connectivity index is 1.67. The van der Waals surface area contributed by atoms with Crippen LogP contribution in [0.25, 0.3) is 0 Å². The maximum atomic E-state index is 14.1. The van der Waals surface area contributed by atoms with Crippen LogP contribution in [0.1, 0.15) is 90.7 Å². The second-order valence-corrected chi connectivity index (χ2v) is 14.4. The molecule has 0 spiro atoms. The third-order valence-corrected chi connectivity index (χ3v) is 9.27. The van der Waals surface area contributed by atoms with Crippen LogP contribution in [0.2, 0.25) is 0 Å². The smallest absolute Gasteiger partial charge is 0.407 e. The quantitative estimate of drug-likeness (QED) is 0.189. The number of amides is 6. The summed E-state index contributed by atoms with van der Waals surface area (Å²) in [7, 11) is 3.12. The minimum atomic E-state index is -1.19. The first-order valence-electron chi connectivity index (χ1n) is 18.1. The van der Waals surface area contributed by atoms with Crippen molar-refractivity contribution in [1.29, 1.82) is 0 Å². The Morgan fingerprint density at radius 2 is 1.61 bits per heavy atom. The number of carbonyl (C=O) groups excluding carboxylic acids is 7. The fourth-order valence-corrected chi connectivity index (χ4v) is 6.61. The van der Waals surface area contributed by atoms with Gasteiger partial charge in [-0.25, -0.2) is 4.79 Å². The van der Waals surface area contributed by atoms with E-state index in [2.05, 4.69) is 21.3 Å². The number of Topliss-reactive ketones (excluding diaryl/α,β-unsaturated/α-hetero) is 1. The number of benzene rings is 1. The molecule has 0 bridgehead atoms. The molecule has 5 atom stereocenters. The largest absolute Gasteiger partial charge is 0.449 e. The summed E-state index contributed by atoms with van der Waals surface area (Å²) in [6, 6.07) is 4.69. The van der Waals surface area contributed by atoms with Gasteiger partial charge in [0.1, 0.15) is 18.1 Å². The molecule has 282 valence electrons. The van der Waals surface area contributed by atoms with E-state index in [0.717, 1.165) is 32.1 Å². The lowest BCUT2D eigenvalue weighted by Crippen LogP contribution is -2.58. The van der Waals surface area contributed by atoms with E-state index in [4.69, 9.17) is 4.74 Å². The number of rotatable bonds is 16. The molecule has 0 radical (unpaired) electrons. The molecule has 0 aromatic heterocycles. The van der Waals surface area contributed by atoms with Crippen LogP contribution in [0, 0.1) is 17.8 Å². The van der Waals surface area contributed by atoms with Gasteiger partial charge in [-0.15, -0.1) is 0 Å². The van der Waals surface area contributed by atoms with Crippen LogP contribution >= 0.6 is 0 Å². The van der Waals surface area contributed by atoms with Gasteiger partial charge in [-0.2, -0.15) is 0 Å². The van der Waals surface area contributed by atoms with E-state index in [1.165, 1.54) is 9.80 Å². The number of carbonyl (C=O) groups is 7. The Kier molecular flexibility index (Phi) is 15.9. The number of likely N-dealkylation sites (N-methyl/N-ethyl adjacent to an activating group) is 1. The third kappa shape index (κ3) is 12.1. The summed E-state index contributed by atoms with van der Waals surface area (Å²) >= 11 is 0. The molecule has 1 aromatic rings. The number of likely N-dealkylation sites (tertiary alicyclic amines) is 1. The number of alkyl carbamates (subject to hydrolysis) is 1. The van der Waals surface area contributed by atoms with Crippen LogP contribution < -0.4 is 21.3 Å². The number of ether oxygens (including phenoxy) is 1. The predicted molar refractivity (Wildman–Crippen MR) is 190 cm³/mol. The van der Waals surface area contributed by atoms with Crippen molar-refractivity contribution in [2.24, 2.45) is 17.8 Å². The second kappa shape index (κ2) is 19.8. The molecule has 3 rings (SSSR count). The predicted octanol–water partition coefficient (Wildman–Crippen LogP) is 2.47. The standard InChI is InChI=1S/C37H56N6O8/c1-7-14-27(32(45)34(47)38-20-29(44)40-30(35(48)42(5)6)25-15-10-8-11-16-25)39-33(46)28-19-24(4)21-43(28)36(49)31(26-17-12-9-13-18-26)41-37(50)51-22-23(2)3/h8,10-11,15-16,23-24,26-28,30-31H,7,9,12-14,17-22H2,1-6H3,(H,38,47)(H,39,46)(H,40,44)(H,41,50)/t24-,27-,28-,30-,31?/m0/s1. The summed E-state index contributed by atoms with van der Waals surface area (Å²) in [6.45, 7) is 7.50. The summed E-state index contributed by atoms with van der Waals surface area (Å²) in [4.78, 5) is 95.3. The number of nitrogens with one attached hydrogen (secondary N) is 4. The Morgan fingerprint density at radius 1 is 0.941 bits per heavy atom. The molecular formula is C37H56N6O8. The lowest BCUT2D eigenvalue weighted by atomic mass is 9.83. The summed E-state index contributed by atoms with van der Waals surface area (Å²) < 4.78 is 5.34. The number of hydrogen-bond acceptors (Lipinski definition) is 8. The van der Waals surface area contributed by atoms with Crippen molar-refractivity contribution in [3.05, 3.63) is 35.9 Å². The highest BCUT2D eigenvalue weighted by atomic mass is 16.5. The van der Waals surface area contributed by atoms with Gasteiger partial charge in [0.25, 0.3) is 5.91 Å². The Hall–Kier alpha value is -4.49. The number of nitrogens with zero attached hydrogens (tertiary/aromatic N) is 2. The summed E-state index contributed by atoms with van der Waals surface area (Å²) in [5.41, 5.74) is 0.554. The van der Waals surface area contributed by atoms with Gasteiger partial charge in [0, 0.05) is 20.6 Å². The Labute approximate surface area is 301 Å². The SMILES string of the molecule is CCC[C@H](NC(=O)[C@@H]1C[C@H](C)CN1C(=O)C(NC(=O)OCC(C)C)C1CCCCC1)C(=O)C(=O)NCC(=O)N[C@H](C(=O)N(C)C)c1ccccc1. The van der Waals surface area contributed by atoms with Gasteiger partial charge in [0.2, 0.25) is 29.4 Å². The van der Waals surface area contributed by atoms with Crippen LogP contribution in [-0.4, -0.2) is 103 Å². The van der Waals surface area contributed by atoms with Gasteiger partial charge in [-0.05, 0) is 49.0 Å². The fraction of sp³-hybridized carbons (Fsp3) is 0.649. The van der Waals surface area contributed by atoms with Crippen LogP contribution in [0.4, 0.5) is 4.79 Å². The van der Waals surface area contributed by atoms with Crippen molar-refractivity contribution in [2.45, 2.75) is 103 Å². The Morgan fingerprint density at radius 3 is 2.22 bits per heavy atom. The lowest BCUT2D eigenvalue weighted by Gasteiger charge is -2.34. The Bertz CT molecular complexity index is 1380. The first-order valence-corrected chi connectivity index (χ1v) is 18.1. The minimum absolute atomic E-state index is 0.0224. The second-order valence-electron chi connectivity index (χ2n) is 14.4. The molecule has 1 aromatic carbocycles. The highest BCUT2D eigenvalue weighted by molar-refractivity contribution is 6.38. The van der Waals surface area contributed by atoms with Gasteiger partial charge in [0.15, 0.2) is 0 Å². The molecule has 14 heteroatoms. The van der Waals surface area contributed by atoms with Crippen molar-refractivity contribution in [3.8, 4) is 0 Å². The average Bonchev–Trinajstić information content (AvgIpc) is 3.52. The fourth-order valence-electron chi connectivity index (χ4n) is 6.61. The first kappa shape index (κ1) is 40.9. The van der Waals surface area contributed by atoms with E-state index in [1.807, 2.05) is 20.8 Å². The topological polar surface area (TPSA) is 183 Å². The molecule has 1 aliphatic carbocycles. The summed E-state index contributed by atoms with van der Waals surface area (Å²) in [6.07, 6.45) is 4.74. The van der Waals surface area contributed by atoms with Crippen molar-refractivity contribution >= 4 is 41.4 Å². The molecule has 2 fully saturated rings. The van der Waals surface area contributed by atoms with Gasteiger partial charge in [-0.3, -0.25) is 28.8 Å². The minimum Gasteiger partial charge on any atom is -0.449 e. The van der Waals surface area contributed by atoms with E-state index in [1.54, 1.807) is 51.4 Å². The molecule has 1 heterocycles. The van der Waals surface area contributed by atoms with Crippen molar-refractivity contribution < 1.29 is 38.3 Å². The monoisotopic (exact) mass is 712 g/mol. The molecule has 1 aliphatic heterocycles. The normalized spacial score (nSPS) is 19.3. The zero-order valence-corrected chi connectivity index (χ0v) is 30.9.